The van der Waals surface area contributed by atoms with Crippen LogP contribution in [0, 0.1) is 6.92 Å². The van der Waals surface area contributed by atoms with Crippen molar-refractivity contribution in [1.29, 1.82) is 0 Å². The van der Waals surface area contributed by atoms with Gasteiger partial charge in [0.15, 0.2) is 6.61 Å². The number of hydrogen-bond donors (Lipinski definition) is 1. The van der Waals surface area contributed by atoms with Crippen molar-refractivity contribution in [2.24, 2.45) is 0 Å². The molecule has 1 aromatic carbocycles. The zero-order valence-corrected chi connectivity index (χ0v) is 13.9. The molecule has 0 bridgehead atoms. The number of para-hydroxylation sites is 1. The van der Waals surface area contributed by atoms with Gasteiger partial charge in [-0.15, -0.1) is 0 Å². The van der Waals surface area contributed by atoms with E-state index in [1.54, 1.807) is 37.6 Å². The van der Waals surface area contributed by atoms with Gasteiger partial charge in [-0.25, -0.2) is 4.98 Å². The molecule has 8 nitrogen and oxygen atoms in total. The highest BCUT2D eigenvalue weighted by atomic mass is 16.5. The summed E-state index contributed by atoms with van der Waals surface area (Å²) >= 11 is 0. The zero-order valence-electron chi connectivity index (χ0n) is 13.9. The number of rotatable bonds is 8. The summed E-state index contributed by atoms with van der Waals surface area (Å²) in [5, 5.41) is 6.67. The second-order valence-corrected chi connectivity index (χ2v) is 5.42. The molecule has 0 saturated heterocycles. The molecule has 1 amide bonds. The summed E-state index contributed by atoms with van der Waals surface area (Å²) in [6.07, 6.45) is 6.19. The summed E-state index contributed by atoms with van der Waals surface area (Å²) in [6.45, 7) is 3.22. The van der Waals surface area contributed by atoms with Crippen LogP contribution in [-0.4, -0.2) is 32.1 Å². The van der Waals surface area contributed by atoms with Crippen LogP contribution in [0.25, 0.3) is 0 Å². The van der Waals surface area contributed by atoms with E-state index in [1.165, 1.54) is 0 Å². The van der Waals surface area contributed by atoms with Crippen molar-refractivity contribution in [1.82, 2.24) is 25.0 Å². The quantitative estimate of drug-likeness (QED) is 0.630. The Morgan fingerprint density at radius 1 is 1.36 bits per heavy atom. The zero-order chi connectivity index (χ0) is 17.5. The van der Waals surface area contributed by atoms with E-state index in [1.807, 2.05) is 16.8 Å². The minimum atomic E-state index is -0.175. The Balaban J connectivity index is 1.52. The summed E-state index contributed by atoms with van der Waals surface area (Å²) in [6, 6.07) is 7.08. The first-order valence-corrected chi connectivity index (χ1v) is 7.97. The highest BCUT2D eigenvalue weighted by molar-refractivity contribution is 5.96. The number of benzene rings is 1. The van der Waals surface area contributed by atoms with Crippen molar-refractivity contribution in [3.63, 3.8) is 0 Å². The average Bonchev–Trinajstić information content (AvgIpc) is 3.28. The molecule has 25 heavy (non-hydrogen) atoms. The largest absolute Gasteiger partial charge is 0.485 e. The van der Waals surface area contributed by atoms with Crippen LogP contribution < -0.4 is 10.1 Å². The first kappa shape index (κ1) is 16.7. The van der Waals surface area contributed by atoms with Crippen LogP contribution in [0.1, 0.15) is 28.5 Å². The van der Waals surface area contributed by atoms with Crippen LogP contribution in [0.5, 0.6) is 5.75 Å². The van der Waals surface area contributed by atoms with E-state index >= 15 is 0 Å². The maximum absolute atomic E-state index is 12.4. The first-order chi connectivity index (χ1) is 12.2. The number of carbonyl (C=O) groups is 1. The molecule has 0 spiro atoms. The van der Waals surface area contributed by atoms with Gasteiger partial charge >= 0.3 is 0 Å². The Morgan fingerprint density at radius 3 is 3.00 bits per heavy atom. The number of aromatic nitrogens is 4. The monoisotopic (exact) mass is 341 g/mol. The molecular weight excluding hydrogens is 322 g/mol. The Labute approximate surface area is 144 Å². The third kappa shape index (κ3) is 4.66. The van der Waals surface area contributed by atoms with Crippen LogP contribution in [0.3, 0.4) is 0 Å². The molecule has 0 aliphatic rings. The lowest BCUT2D eigenvalue weighted by molar-refractivity contribution is 0.0948. The highest BCUT2D eigenvalue weighted by Gasteiger charge is 2.12. The summed E-state index contributed by atoms with van der Waals surface area (Å²) in [5.41, 5.74) is 0.477. The van der Waals surface area contributed by atoms with E-state index in [4.69, 9.17) is 9.26 Å². The van der Waals surface area contributed by atoms with Crippen LogP contribution in [-0.2, 0) is 13.2 Å². The standard InChI is InChI=1S/C17H19N5O3/c1-13-20-16(21-25-13)11-24-15-6-3-2-5-14(15)17(23)19-7-4-9-22-10-8-18-12-22/h2-3,5-6,8,10,12H,4,7,9,11H2,1H3,(H,19,23). The first-order valence-electron chi connectivity index (χ1n) is 7.97. The summed E-state index contributed by atoms with van der Waals surface area (Å²) in [7, 11) is 0. The minimum absolute atomic E-state index is 0.141. The molecule has 3 rings (SSSR count). The molecule has 0 fully saturated rings. The van der Waals surface area contributed by atoms with E-state index in [2.05, 4.69) is 20.4 Å². The molecule has 2 heterocycles. The second-order valence-electron chi connectivity index (χ2n) is 5.42. The SMILES string of the molecule is Cc1nc(COc2ccccc2C(=O)NCCCn2ccnc2)no1. The van der Waals surface area contributed by atoms with E-state index in [-0.39, 0.29) is 12.5 Å². The highest BCUT2D eigenvalue weighted by Crippen LogP contribution is 2.19. The lowest BCUT2D eigenvalue weighted by atomic mass is 10.2. The van der Waals surface area contributed by atoms with Gasteiger partial charge in [-0.2, -0.15) is 4.98 Å². The van der Waals surface area contributed by atoms with Crippen molar-refractivity contribution in [3.8, 4) is 5.75 Å². The topological polar surface area (TPSA) is 95.1 Å². The third-order valence-corrected chi connectivity index (χ3v) is 3.50. The number of ether oxygens (including phenoxy) is 1. The lowest BCUT2D eigenvalue weighted by Gasteiger charge is -2.10. The molecule has 0 aliphatic carbocycles. The Kier molecular flexibility index (Phi) is 5.40. The van der Waals surface area contributed by atoms with Crippen molar-refractivity contribution in [2.75, 3.05) is 6.54 Å². The van der Waals surface area contributed by atoms with Gasteiger partial charge in [-0.3, -0.25) is 4.79 Å². The molecule has 0 saturated carbocycles. The van der Waals surface area contributed by atoms with Gasteiger partial charge in [0.1, 0.15) is 5.75 Å². The van der Waals surface area contributed by atoms with Crippen LogP contribution in [0.15, 0.2) is 47.5 Å². The Bertz CT molecular complexity index is 813. The number of nitrogens with zero attached hydrogens (tertiary/aromatic N) is 4. The molecule has 3 aromatic rings. The predicted molar refractivity (Wildman–Crippen MR) is 89.0 cm³/mol. The van der Waals surface area contributed by atoms with Gasteiger partial charge in [0.25, 0.3) is 5.91 Å². The van der Waals surface area contributed by atoms with Crippen molar-refractivity contribution >= 4 is 5.91 Å². The van der Waals surface area contributed by atoms with Gasteiger partial charge in [-0.05, 0) is 18.6 Å². The Hall–Kier alpha value is -3.16. The molecule has 8 heteroatoms. The second kappa shape index (κ2) is 8.09. The van der Waals surface area contributed by atoms with Gasteiger partial charge in [0.05, 0.1) is 11.9 Å². The van der Waals surface area contributed by atoms with Gasteiger partial charge in [-0.1, -0.05) is 17.3 Å². The number of hydrogen-bond acceptors (Lipinski definition) is 6. The van der Waals surface area contributed by atoms with Crippen molar-refractivity contribution in [3.05, 3.63) is 60.3 Å². The molecule has 2 aromatic heterocycles. The van der Waals surface area contributed by atoms with Gasteiger partial charge in [0.2, 0.25) is 11.7 Å². The number of aryl methyl sites for hydroxylation is 2. The Morgan fingerprint density at radius 2 is 2.24 bits per heavy atom. The van der Waals surface area contributed by atoms with E-state index in [0.717, 1.165) is 13.0 Å². The fourth-order valence-corrected chi connectivity index (χ4v) is 2.30. The molecule has 1 N–H and O–H groups in total. The van der Waals surface area contributed by atoms with E-state index < -0.39 is 0 Å². The molecule has 0 radical (unpaired) electrons. The molecule has 0 unspecified atom stereocenters. The van der Waals surface area contributed by atoms with Crippen molar-refractivity contribution < 1.29 is 14.1 Å². The summed E-state index contributed by atoms with van der Waals surface area (Å²) < 4.78 is 12.5. The van der Waals surface area contributed by atoms with Crippen LogP contribution in [0.4, 0.5) is 0 Å². The number of carbonyl (C=O) groups excluding carboxylic acids is 1. The molecular formula is C17H19N5O3. The summed E-state index contributed by atoms with van der Waals surface area (Å²) in [5.74, 6) is 1.22. The van der Waals surface area contributed by atoms with Crippen LogP contribution in [0.2, 0.25) is 0 Å². The number of imidazole rings is 1. The predicted octanol–water partition coefficient (Wildman–Crippen LogP) is 1.97. The van der Waals surface area contributed by atoms with Gasteiger partial charge in [0, 0.05) is 32.4 Å². The maximum atomic E-state index is 12.4. The maximum Gasteiger partial charge on any atom is 0.255 e. The third-order valence-electron chi connectivity index (χ3n) is 3.50. The van der Waals surface area contributed by atoms with Crippen LogP contribution >= 0.6 is 0 Å². The van der Waals surface area contributed by atoms with Crippen molar-refractivity contribution in [2.45, 2.75) is 26.5 Å². The minimum Gasteiger partial charge on any atom is -0.485 e. The van der Waals surface area contributed by atoms with E-state index in [9.17, 15) is 4.79 Å². The molecule has 130 valence electrons. The smallest absolute Gasteiger partial charge is 0.255 e. The number of nitrogens with one attached hydrogen (secondary N) is 1. The molecule has 0 atom stereocenters. The normalized spacial score (nSPS) is 10.6. The number of amides is 1. The fourth-order valence-electron chi connectivity index (χ4n) is 2.30. The average molecular weight is 341 g/mol. The molecule has 0 aliphatic heterocycles. The summed E-state index contributed by atoms with van der Waals surface area (Å²) in [4.78, 5) is 20.4. The van der Waals surface area contributed by atoms with Gasteiger partial charge < -0.3 is 19.1 Å². The lowest BCUT2D eigenvalue weighted by Crippen LogP contribution is -2.25. The fraction of sp³-hybridized carbons (Fsp3) is 0.294. The van der Waals surface area contributed by atoms with E-state index in [0.29, 0.717) is 29.6 Å².